The van der Waals surface area contributed by atoms with Crippen molar-refractivity contribution in [2.24, 2.45) is 10.2 Å². The van der Waals surface area contributed by atoms with Gasteiger partial charge in [0.15, 0.2) is 5.69 Å². The molecular formula is C25H15Br3N4O3. The maximum Gasteiger partial charge on any atom is 0.296 e. The monoisotopic (exact) mass is 656 g/mol. The SMILES string of the molecule is COc1ccc2nc(-c3ccc(Br)cc3)cc(C(=O)N=Nc3c(O)[nH]c4c(Br)cc(Br)cc34)c2c1. The van der Waals surface area contributed by atoms with Crippen molar-refractivity contribution in [1.82, 2.24) is 9.97 Å². The Labute approximate surface area is 224 Å². The van der Waals surface area contributed by atoms with Crippen molar-refractivity contribution in [3.63, 3.8) is 0 Å². The fourth-order valence-electron chi connectivity index (χ4n) is 3.72. The number of methoxy groups -OCH3 is 1. The van der Waals surface area contributed by atoms with Crippen LogP contribution >= 0.6 is 47.8 Å². The van der Waals surface area contributed by atoms with E-state index in [1.165, 1.54) is 0 Å². The topological polar surface area (TPSA) is 99.9 Å². The van der Waals surface area contributed by atoms with Crippen LogP contribution in [0.1, 0.15) is 10.4 Å². The Morgan fingerprint density at radius 1 is 0.971 bits per heavy atom. The van der Waals surface area contributed by atoms with Gasteiger partial charge in [-0.25, -0.2) is 4.98 Å². The molecule has 174 valence electrons. The zero-order valence-corrected chi connectivity index (χ0v) is 22.8. The Hall–Kier alpha value is -3.08. The number of nitrogens with zero attached hydrogens (tertiary/aromatic N) is 3. The summed E-state index contributed by atoms with van der Waals surface area (Å²) < 4.78 is 7.80. The molecule has 0 fully saturated rings. The van der Waals surface area contributed by atoms with Crippen LogP contribution in [0.2, 0.25) is 0 Å². The molecule has 0 saturated carbocycles. The second kappa shape index (κ2) is 9.52. The van der Waals surface area contributed by atoms with E-state index < -0.39 is 5.91 Å². The fraction of sp³-hybridized carbons (Fsp3) is 0.0400. The van der Waals surface area contributed by atoms with Crippen LogP contribution in [0.5, 0.6) is 11.6 Å². The molecule has 10 heteroatoms. The van der Waals surface area contributed by atoms with Gasteiger partial charge >= 0.3 is 0 Å². The summed E-state index contributed by atoms with van der Waals surface area (Å²) in [5.74, 6) is -0.176. The van der Waals surface area contributed by atoms with Gasteiger partial charge < -0.3 is 14.8 Å². The number of ether oxygens (including phenoxy) is 1. The number of pyridine rings is 1. The lowest BCUT2D eigenvalue weighted by Crippen LogP contribution is -1.99. The van der Waals surface area contributed by atoms with E-state index in [4.69, 9.17) is 9.72 Å². The van der Waals surface area contributed by atoms with Crippen LogP contribution in [0.4, 0.5) is 5.69 Å². The normalized spacial score (nSPS) is 11.5. The summed E-state index contributed by atoms with van der Waals surface area (Å²) in [6.45, 7) is 0. The van der Waals surface area contributed by atoms with Crippen LogP contribution < -0.4 is 4.74 Å². The van der Waals surface area contributed by atoms with Gasteiger partial charge in [-0.1, -0.05) is 44.0 Å². The molecule has 35 heavy (non-hydrogen) atoms. The lowest BCUT2D eigenvalue weighted by atomic mass is 10.0. The van der Waals surface area contributed by atoms with Gasteiger partial charge in [0.25, 0.3) is 5.91 Å². The van der Waals surface area contributed by atoms with Crippen LogP contribution in [-0.4, -0.2) is 28.1 Å². The molecule has 5 rings (SSSR count). The summed E-state index contributed by atoms with van der Waals surface area (Å²) in [4.78, 5) is 20.9. The maximum absolute atomic E-state index is 13.3. The van der Waals surface area contributed by atoms with Gasteiger partial charge in [0.05, 0.1) is 29.4 Å². The Balaban J connectivity index is 1.63. The van der Waals surface area contributed by atoms with Crippen LogP contribution in [-0.2, 0) is 0 Å². The van der Waals surface area contributed by atoms with Gasteiger partial charge in [-0.15, -0.1) is 10.2 Å². The lowest BCUT2D eigenvalue weighted by Gasteiger charge is -2.09. The third kappa shape index (κ3) is 4.61. The minimum atomic E-state index is -0.577. The number of nitrogens with one attached hydrogen (secondary N) is 1. The van der Waals surface area contributed by atoms with Crippen molar-refractivity contribution in [2.45, 2.75) is 0 Å². The number of hydrogen-bond donors (Lipinski definition) is 2. The van der Waals surface area contributed by atoms with E-state index in [9.17, 15) is 9.90 Å². The number of hydrogen-bond acceptors (Lipinski definition) is 5. The molecule has 0 atom stereocenters. The molecule has 0 spiro atoms. The number of halogens is 3. The summed E-state index contributed by atoms with van der Waals surface area (Å²) in [6.07, 6.45) is 0. The Morgan fingerprint density at radius 2 is 1.74 bits per heavy atom. The summed E-state index contributed by atoms with van der Waals surface area (Å²) in [5.41, 5.74) is 3.21. The van der Waals surface area contributed by atoms with E-state index in [-0.39, 0.29) is 11.6 Å². The predicted molar refractivity (Wildman–Crippen MR) is 146 cm³/mol. The number of carbonyl (C=O) groups excluding carboxylic acids is 1. The van der Waals surface area contributed by atoms with Crippen molar-refractivity contribution in [3.8, 4) is 22.9 Å². The maximum atomic E-state index is 13.3. The summed E-state index contributed by atoms with van der Waals surface area (Å²) >= 11 is 10.3. The molecule has 2 heterocycles. The zero-order valence-electron chi connectivity index (χ0n) is 18.0. The summed E-state index contributed by atoms with van der Waals surface area (Å²) in [6, 6.07) is 18.3. The Bertz CT molecular complexity index is 1650. The molecule has 2 N–H and O–H groups in total. The zero-order chi connectivity index (χ0) is 24.7. The van der Waals surface area contributed by atoms with Gasteiger partial charge in [0.2, 0.25) is 5.88 Å². The molecule has 0 radical (unpaired) electrons. The van der Waals surface area contributed by atoms with Crippen LogP contribution in [0.25, 0.3) is 33.1 Å². The molecule has 3 aromatic carbocycles. The van der Waals surface area contributed by atoms with Crippen molar-refractivity contribution in [1.29, 1.82) is 0 Å². The molecule has 0 aliphatic carbocycles. The predicted octanol–water partition coefficient (Wildman–Crippen LogP) is 8.31. The van der Waals surface area contributed by atoms with E-state index >= 15 is 0 Å². The minimum Gasteiger partial charge on any atom is -0.497 e. The standard InChI is InChI=1S/C25H15Br3N4O3/c1-35-15-6-7-20-16(10-15)17(11-21(29-20)12-2-4-13(26)5-3-12)24(33)32-31-23-18-8-14(27)9-19(28)22(18)30-25(23)34/h2-11,30,34H,1H3. The molecule has 5 aromatic rings. The lowest BCUT2D eigenvalue weighted by molar-refractivity contribution is 0.0996. The smallest absolute Gasteiger partial charge is 0.296 e. The van der Waals surface area contributed by atoms with Crippen LogP contribution in [0.15, 0.2) is 84.3 Å². The number of aromatic nitrogens is 2. The number of fused-ring (bicyclic) bond motifs is 2. The van der Waals surface area contributed by atoms with E-state index in [1.54, 1.807) is 37.4 Å². The van der Waals surface area contributed by atoms with E-state index in [0.717, 1.165) is 19.0 Å². The number of amides is 1. The van der Waals surface area contributed by atoms with Gasteiger partial charge in [-0.05, 0) is 64.5 Å². The first-order valence-corrected chi connectivity index (χ1v) is 12.6. The number of azo groups is 1. The number of aromatic amines is 1. The van der Waals surface area contributed by atoms with Crippen LogP contribution in [0.3, 0.4) is 0 Å². The molecule has 0 saturated heterocycles. The molecule has 0 unspecified atom stereocenters. The number of rotatable bonds is 4. The van der Waals surface area contributed by atoms with Gasteiger partial charge in [0.1, 0.15) is 5.75 Å². The third-order valence-corrected chi connectivity index (χ3v) is 7.02. The van der Waals surface area contributed by atoms with Crippen molar-refractivity contribution >= 4 is 81.2 Å². The van der Waals surface area contributed by atoms with Crippen molar-refractivity contribution in [3.05, 3.63) is 79.6 Å². The summed E-state index contributed by atoms with van der Waals surface area (Å²) in [7, 11) is 1.56. The third-order valence-electron chi connectivity index (χ3n) is 5.40. The van der Waals surface area contributed by atoms with E-state index in [0.29, 0.717) is 38.8 Å². The number of H-pyrrole nitrogens is 1. The molecule has 0 bridgehead atoms. The van der Waals surface area contributed by atoms with Crippen molar-refractivity contribution < 1.29 is 14.6 Å². The highest BCUT2D eigenvalue weighted by Gasteiger charge is 2.17. The molecular weight excluding hydrogens is 644 g/mol. The largest absolute Gasteiger partial charge is 0.497 e. The first-order chi connectivity index (χ1) is 16.8. The molecule has 7 nitrogen and oxygen atoms in total. The van der Waals surface area contributed by atoms with Crippen LogP contribution in [0, 0.1) is 0 Å². The molecule has 2 aromatic heterocycles. The first-order valence-electron chi connectivity index (χ1n) is 10.2. The number of aromatic hydroxyl groups is 1. The van der Waals surface area contributed by atoms with E-state index in [2.05, 4.69) is 63.0 Å². The summed E-state index contributed by atoms with van der Waals surface area (Å²) in [5, 5.41) is 19.7. The quantitative estimate of drug-likeness (QED) is 0.190. The second-order valence-corrected chi connectivity index (χ2v) is 10.3. The van der Waals surface area contributed by atoms with Gasteiger partial charge in [-0.3, -0.25) is 4.79 Å². The molecule has 0 aliphatic heterocycles. The number of benzene rings is 3. The minimum absolute atomic E-state index is 0.166. The highest BCUT2D eigenvalue weighted by Crippen LogP contribution is 2.40. The number of carbonyl (C=O) groups is 1. The van der Waals surface area contributed by atoms with Gasteiger partial charge in [-0.2, -0.15) is 0 Å². The highest BCUT2D eigenvalue weighted by molar-refractivity contribution is 9.11. The average molecular weight is 659 g/mol. The average Bonchev–Trinajstić information content (AvgIpc) is 3.17. The van der Waals surface area contributed by atoms with Gasteiger partial charge in [0, 0.05) is 29.8 Å². The first kappa shape index (κ1) is 23.7. The molecule has 1 amide bonds. The fourth-order valence-corrected chi connectivity index (χ4v) is 5.31. The Morgan fingerprint density at radius 3 is 2.49 bits per heavy atom. The highest BCUT2D eigenvalue weighted by atomic mass is 79.9. The Kier molecular flexibility index (Phi) is 6.43. The van der Waals surface area contributed by atoms with Crippen molar-refractivity contribution in [2.75, 3.05) is 7.11 Å². The molecule has 0 aliphatic rings. The second-order valence-electron chi connectivity index (χ2n) is 7.58. The van der Waals surface area contributed by atoms with E-state index in [1.807, 2.05) is 30.3 Å².